The predicted octanol–water partition coefficient (Wildman–Crippen LogP) is 3.18. The minimum Gasteiger partial charge on any atom is -0.497 e. The summed E-state index contributed by atoms with van der Waals surface area (Å²) in [6, 6.07) is 8.78. The Labute approximate surface area is 159 Å². The number of anilines is 1. The van der Waals surface area contributed by atoms with Crippen LogP contribution < -0.4 is 20.1 Å². The number of carboxylic acid groups (broad SMARTS) is 1. The first-order chi connectivity index (χ1) is 12.3. The Kier molecular flexibility index (Phi) is 6.37. The van der Waals surface area contributed by atoms with Crippen molar-refractivity contribution in [2.45, 2.75) is 0 Å². The zero-order chi connectivity index (χ0) is 19.3. The fourth-order valence-corrected chi connectivity index (χ4v) is 2.39. The van der Waals surface area contributed by atoms with Gasteiger partial charge in [-0.25, -0.2) is 4.79 Å². The number of thiocarbonyl (C=S) groups is 1. The lowest BCUT2D eigenvalue weighted by molar-refractivity contribution is 0.0696. The molecule has 2 aromatic rings. The molecule has 7 nitrogen and oxygen atoms in total. The lowest BCUT2D eigenvalue weighted by atomic mass is 10.2. The number of benzene rings is 2. The summed E-state index contributed by atoms with van der Waals surface area (Å²) in [6.07, 6.45) is 0. The Morgan fingerprint density at radius 2 is 1.65 bits per heavy atom. The van der Waals surface area contributed by atoms with Gasteiger partial charge in [0.25, 0.3) is 5.91 Å². The maximum Gasteiger partial charge on any atom is 0.335 e. The van der Waals surface area contributed by atoms with Crippen LogP contribution in [0.4, 0.5) is 5.69 Å². The third-order valence-electron chi connectivity index (χ3n) is 3.30. The van der Waals surface area contributed by atoms with Crippen LogP contribution in [0.2, 0.25) is 5.02 Å². The van der Waals surface area contributed by atoms with Crippen LogP contribution in [0.3, 0.4) is 0 Å². The van der Waals surface area contributed by atoms with Crippen LogP contribution in [0.5, 0.6) is 11.5 Å². The Bertz CT molecular complexity index is 850. The number of nitrogens with one attached hydrogen (secondary N) is 2. The highest BCUT2D eigenvalue weighted by Crippen LogP contribution is 2.24. The van der Waals surface area contributed by atoms with E-state index < -0.39 is 11.9 Å². The molecule has 0 saturated carbocycles. The summed E-state index contributed by atoms with van der Waals surface area (Å²) in [6.45, 7) is 0. The Balaban J connectivity index is 2.14. The number of carbonyl (C=O) groups is 2. The van der Waals surface area contributed by atoms with E-state index in [1.807, 2.05) is 0 Å². The Hall–Kier alpha value is -2.84. The molecule has 0 saturated heterocycles. The normalized spacial score (nSPS) is 9.96. The van der Waals surface area contributed by atoms with Gasteiger partial charge in [-0.2, -0.15) is 0 Å². The summed E-state index contributed by atoms with van der Waals surface area (Å²) in [5, 5.41) is 14.4. The second-order valence-corrected chi connectivity index (χ2v) is 5.82. The third-order valence-corrected chi connectivity index (χ3v) is 3.84. The van der Waals surface area contributed by atoms with Crippen LogP contribution in [-0.2, 0) is 0 Å². The average Bonchev–Trinajstić information content (AvgIpc) is 2.62. The molecule has 3 N–H and O–H groups in total. The van der Waals surface area contributed by atoms with Crippen molar-refractivity contribution < 1.29 is 24.2 Å². The maximum atomic E-state index is 12.4. The molecular formula is C17H15ClN2O5S. The molecule has 26 heavy (non-hydrogen) atoms. The first kappa shape index (κ1) is 19.5. The summed E-state index contributed by atoms with van der Waals surface area (Å²) >= 11 is 11.1. The van der Waals surface area contributed by atoms with Crippen molar-refractivity contribution in [3.8, 4) is 11.5 Å². The number of carbonyl (C=O) groups excluding carboxylic acids is 1. The standard InChI is InChI=1S/C17H15ClN2O5S/c1-24-11-5-10(6-12(8-11)25-2)15(21)20-17(26)19-14-7-9(16(22)23)3-4-13(14)18/h3-8H,1-2H3,(H,22,23)(H2,19,20,21,26). The molecule has 0 heterocycles. The predicted molar refractivity (Wildman–Crippen MR) is 102 cm³/mol. The van der Waals surface area contributed by atoms with Gasteiger partial charge in [-0.1, -0.05) is 11.6 Å². The summed E-state index contributed by atoms with van der Waals surface area (Å²) in [4.78, 5) is 23.4. The van der Waals surface area contributed by atoms with E-state index in [-0.39, 0.29) is 26.9 Å². The first-order valence-electron chi connectivity index (χ1n) is 7.22. The molecule has 0 aliphatic rings. The molecule has 0 spiro atoms. The van der Waals surface area contributed by atoms with Crippen molar-refractivity contribution in [1.82, 2.24) is 5.32 Å². The van der Waals surface area contributed by atoms with E-state index in [9.17, 15) is 9.59 Å². The molecule has 9 heteroatoms. The van der Waals surface area contributed by atoms with E-state index in [0.29, 0.717) is 11.5 Å². The third kappa shape index (κ3) is 4.84. The number of halogens is 1. The number of amides is 1. The van der Waals surface area contributed by atoms with Crippen molar-refractivity contribution in [3.05, 3.63) is 52.5 Å². The van der Waals surface area contributed by atoms with E-state index in [1.165, 1.54) is 44.6 Å². The molecule has 0 aliphatic heterocycles. The molecule has 2 rings (SSSR count). The number of hydrogen-bond donors (Lipinski definition) is 3. The quantitative estimate of drug-likeness (QED) is 0.670. The van der Waals surface area contributed by atoms with Gasteiger partial charge in [-0.05, 0) is 42.5 Å². The van der Waals surface area contributed by atoms with E-state index in [4.69, 9.17) is 38.4 Å². The van der Waals surface area contributed by atoms with Crippen molar-refractivity contribution in [2.75, 3.05) is 19.5 Å². The van der Waals surface area contributed by atoms with Crippen LogP contribution >= 0.6 is 23.8 Å². The van der Waals surface area contributed by atoms with Crippen LogP contribution in [-0.4, -0.2) is 36.3 Å². The Morgan fingerprint density at radius 3 is 2.19 bits per heavy atom. The maximum absolute atomic E-state index is 12.4. The number of rotatable bonds is 5. The van der Waals surface area contributed by atoms with Crippen LogP contribution in [0.15, 0.2) is 36.4 Å². The molecule has 0 aromatic heterocycles. The van der Waals surface area contributed by atoms with Crippen molar-refractivity contribution in [2.24, 2.45) is 0 Å². The highest BCUT2D eigenvalue weighted by atomic mass is 35.5. The number of carboxylic acids is 1. The molecule has 0 unspecified atom stereocenters. The molecule has 1 amide bonds. The molecule has 136 valence electrons. The van der Waals surface area contributed by atoms with Crippen molar-refractivity contribution in [1.29, 1.82) is 0 Å². The summed E-state index contributed by atoms with van der Waals surface area (Å²) in [5.41, 5.74) is 0.569. The summed E-state index contributed by atoms with van der Waals surface area (Å²) in [7, 11) is 2.94. The van der Waals surface area contributed by atoms with Crippen molar-refractivity contribution in [3.63, 3.8) is 0 Å². The summed E-state index contributed by atoms with van der Waals surface area (Å²) in [5.74, 6) is -0.704. The topological polar surface area (TPSA) is 96.9 Å². The number of methoxy groups -OCH3 is 2. The zero-order valence-corrected chi connectivity index (χ0v) is 15.4. The second-order valence-electron chi connectivity index (χ2n) is 5.01. The number of aromatic carboxylic acids is 1. The van der Waals surface area contributed by atoms with E-state index in [0.717, 1.165) is 0 Å². The fraction of sp³-hybridized carbons (Fsp3) is 0.118. The van der Waals surface area contributed by atoms with Gasteiger partial charge in [0.1, 0.15) is 11.5 Å². The number of ether oxygens (including phenoxy) is 2. The largest absolute Gasteiger partial charge is 0.497 e. The molecular weight excluding hydrogens is 380 g/mol. The smallest absolute Gasteiger partial charge is 0.335 e. The summed E-state index contributed by atoms with van der Waals surface area (Å²) < 4.78 is 10.2. The molecule has 0 bridgehead atoms. The lowest BCUT2D eigenvalue weighted by Gasteiger charge is -2.12. The van der Waals surface area contributed by atoms with Crippen LogP contribution in [0, 0.1) is 0 Å². The van der Waals surface area contributed by atoms with Gasteiger partial charge >= 0.3 is 5.97 Å². The fourth-order valence-electron chi connectivity index (χ4n) is 2.02. The first-order valence-corrected chi connectivity index (χ1v) is 8.01. The van der Waals surface area contributed by atoms with Gasteiger partial charge in [0.15, 0.2) is 5.11 Å². The second kappa shape index (κ2) is 8.50. The van der Waals surface area contributed by atoms with Crippen LogP contribution in [0.25, 0.3) is 0 Å². The van der Waals surface area contributed by atoms with Gasteiger partial charge in [0.2, 0.25) is 0 Å². The molecule has 2 aromatic carbocycles. The highest BCUT2D eigenvalue weighted by Gasteiger charge is 2.13. The average molecular weight is 395 g/mol. The minimum atomic E-state index is -1.11. The van der Waals surface area contributed by atoms with Gasteiger partial charge in [0.05, 0.1) is 30.5 Å². The zero-order valence-electron chi connectivity index (χ0n) is 13.8. The van der Waals surface area contributed by atoms with Gasteiger partial charge in [-0.15, -0.1) is 0 Å². The van der Waals surface area contributed by atoms with Crippen LogP contribution in [0.1, 0.15) is 20.7 Å². The van der Waals surface area contributed by atoms with Gasteiger partial charge in [0, 0.05) is 11.6 Å². The van der Waals surface area contributed by atoms with E-state index in [2.05, 4.69) is 10.6 Å². The molecule has 0 atom stereocenters. The van der Waals surface area contributed by atoms with E-state index >= 15 is 0 Å². The molecule has 0 aliphatic carbocycles. The highest BCUT2D eigenvalue weighted by molar-refractivity contribution is 7.80. The Morgan fingerprint density at radius 1 is 1.04 bits per heavy atom. The minimum absolute atomic E-state index is 0.0311. The number of hydrogen-bond acceptors (Lipinski definition) is 5. The van der Waals surface area contributed by atoms with E-state index in [1.54, 1.807) is 6.07 Å². The molecule has 0 radical (unpaired) electrons. The lowest BCUT2D eigenvalue weighted by Crippen LogP contribution is -2.34. The molecule has 0 fully saturated rings. The van der Waals surface area contributed by atoms with Gasteiger partial charge < -0.3 is 19.9 Å². The monoisotopic (exact) mass is 394 g/mol. The van der Waals surface area contributed by atoms with Gasteiger partial charge in [-0.3, -0.25) is 10.1 Å². The van der Waals surface area contributed by atoms with Crippen molar-refractivity contribution >= 4 is 46.5 Å². The SMILES string of the molecule is COc1cc(OC)cc(C(=O)NC(=S)Nc2cc(C(=O)O)ccc2Cl)c1.